The summed E-state index contributed by atoms with van der Waals surface area (Å²) in [7, 11) is 0. The molecule has 31 heavy (non-hydrogen) atoms. The predicted molar refractivity (Wildman–Crippen MR) is 111 cm³/mol. The van der Waals surface area contributed by atoms with Gasteiger partial charge in [-0.05, 0) is 34.1 Å². The van der Waals surface area contributed by atoms with Crippen LogP contribution in [0.1, 0.15) is 80.1 Å². The summed E-state index contributed by atoms with van der Waals surface area (Å²) in [6.45, 7) is 11.3. The van der Waals surface area contributed by atoms with E-state index < -0.39 is 41.9 Å². The Balaban J connectivity index is 1.59. The van der Waals surface area contributed by atoms with Crippen LogP contribution < -0.4 is 0 Å². The molecule has 0 aromatic rings. The van der Waals surface area contributed by atoms with Gasteiger partial charge in [-0.3, -0.25) is 4.79 Å². The van der Waals surface area contributed by atoms with Crippen molar-refractivity contribution in [3.05, 3.63) is 0 Å². The molecule has 4 rings (SSSR count). The Morgan fingerprint density at radius 2 is 1.77 bits per heavy atom. The lowest BCUT2D eigenvalue weighted by Crippen LogP contribution is -2.63. The molecule has 0 unspecified atom stereocenters. The van der Waals surface area contributed by atoms with Crippen LogP contribution in [0.2, 0.25) is 0 Å². The summed E-state index contributed by atoms with van der Waals surface area (Å²) in [5, 5.41) is 5.95. The first-order chi connectivity index (χ1) is 14.6. The molecule has 3 saturated heterocycles. The summed E-state index contributed by atoms with van der Waals surface area (Å²) in [6, 6.07) is 0. The van der Waals surface area contributed by atoms with Crippen LogP contribution in [0.3, 0.4) is 0 Å². The molecular weight excluding hydrogens is 404 g/mol. The Labute approximate surface area is 184 Å². The van der Waals surface area contributed by atoms with Crippen LogP contribution in [-0.2, 0) is 33.2 Å². The van der Waals surface area contributed by atoms with Crippen molar-refractivity contribution in [3.8, 4) is 0 Å². The third-order valence-corrected chi connectivity index (χ3v) is 6.14. The Bertz CT molecular complexity index is 725. The first kappa shape index (κ1) is 22.9. The number of hydrazone groups is 1. The zero-order valence-electron chi connectivity index (χ0n) is 19.5. The highest BCUT2D eigenvalue weighted by atomic mass is 16.9. The van der Waals surface area contributed by atoms with Crippen molar-refractivity contribution in [2.45, 2.75) is 122 Å². The predicted octanol–water partition coefficient (Wildman–Crippen LogP) is 3.26. The van der Waals surface area contributed by atoms with Crippen molar-refractivity contribution in [1.82, 2.24) is 5.01 Å². The number of carbonyl (C=O) groups excluding carboxylic acids is 1. The standard InChI is InChI=1S/C22H36N2O7/c1-7-8-9-10-11-12-16-23-24(14(2)25)22(29-16)17(15-13-26-20(3,4)28-15)27-19-18(22)30-21(5,6)31-19/h15,17-19H,7-13H2,1-6H3/t15-,17-,18+,19-,22+/m1/s1. The number of nitrogens with zero attached hydrogens (tertiary/aromatic N) is 2. The Kier molecular flexibility index (Phi) is 6.11. The van der Waals surface area contributed by atoms with Gasteiger partial charge >= 0.3 is 0 Å². The molecule has 4 aliphatic heterocycles. The first-order valence-corrected chi connectivity index (χ1v) is 11.5. The number of carbonyl (C=O) groups is 1. The Hall–Kier alpha value is -1.26. The normalized spacial score (nSPS) is 37.9. The molecule has 0 aromatic heterocycles. The lowest BCUT2D eigenvalue weighted by Gasteiger charge is -2.39. The van der Waals surface area contributed by atoms with Gasteiger partial charge < -0.3 is 28.4 Å². The minimum atomic E-state index is -1.29. The van der Waals surface area contributed by atoms with E-state index in [0.29, 0.717) is 18.9 Å². The van der Waals surface area contributed by atoms with Gasteiger partial charge in [0, 0.05) is 13.3 Å². The van der Waals surface area contributed by atoms with Crippen LogP contribution >= 0.6 is 0 Å². The highest BCUT2D eigenvalue weighted by Crippen LogP contribution is 2.51. The topological polar surface area (TPSA) is 88.1 Å². The average molecular weight is 441 g/mol. The molecule has 1 spiro atoms. The molecule has 0 radical (unpaired) electrons. The molecule has 0 N–H and O–H groups in total. The van der Waals surface area contributed by atoms with E-state index in [1.807, 2.05) is 27.7 Å². The van der Waals surface area contributed by atoms with Gasteiger partial charge in [0.05, 0.1) is 6.61 Å². The number of rotatable bonds is 7. The second-order valence-corrected chi connectivity index (χ2v) is 9.69. The highest BCUT2D eigenvalue weighted by Gasteiger charge is 2.73. The maximum atomic E-state index is 12.7. The molecule has 5 atom stereocenters. The summed E-state index contributed by atoms with van der Waals surface area (Å²) >= 11 is 0. The lowest BCUT2D eigenvalue weighted by atomic mass is 9.97. The molecule has 0 bridgehead atoms. The van der Waals surface area contributed by atoms with Gasteiger partial charge in [-0.25, -0.2) is 0 Å². The number of fused-ring (bicyclic) bond motifs is 2. The minimum absolute atomic E-state index is 0.248. The van der Waals surface area contributed by atoms with Crippen LogP contribution in [0, 0.1) is 0 Å². The van der Waals surface area contributed by atoms with Crippen molar-refractivity contribution in [1.29, 1.82) is 0 Å². The summed E-state index contributed by atoms with van der Waals surface area (Å²) < 4.78 is 36.8. The molecule has 0 aliphatic carbocycles. The monoisotopic (exact) mass is 440 g/mol. The number of amides is 1. The summed E-state index contributed by atoms with van der Waals surface area (Å²) in [4.78, 5) is 12.7. The van der Waals surface area contributed by atoms with E-state index in [0.717, 1.165) is 12.8 Å². The molecule has 4 heterocycles. The van der Waals surface area contributed by atoms with Crippen LogP contribution in [0.25, 0.3) is 0 Å². The van der Waals surface area contributed by atoms with E-state index in [1.165, 1.54) is 31.2 Å². The van der Waals surface area contributed by atoms with Crippen LogP contribution in [0.4, 0.5) is 0 Å². The number of unbranched alkanes of at least 4 members (excludes halogenated alkanes) is 4. The van der Waals surface area contributed by atoms with E-state index >= 15 is 0 Å². The van der Waals surface area contributed by atoms with Crippen molar-refractivity contribution < 1.29 is 33.2 Å². The second-order valence-electron chi connectivity index (χ2n) is 9.69. The zero-order chi connectivity index (χ0) is 22.4. The third kappa shape index (κ3) is 4.23. The van der Waals surface area contributed by atoms with E-state index in [2.05, 4.69) is 12.0 Å². The summed E-state index contributed by atoms with van der Waals surface area (Å²) in [6.07, 6.45) is 3.77. The van der Waals surface area contributed by atoms with Gasteiger partial charge in [-0.2, -0.15) is 5.01 Å². The highest BCUT2D eigenvalue weighted by molar-refractivity contribution is 5.83. The largest absolute Gasteiger partial charge is 0.445 e. The number of hydrogen-bond acceptors (Lipinski definition) is 8. The van der Waals surface area contributed by atoms with Gasteiger partial charge in [0.25, 0.3) is 5.72 Å². The van der Waals surface area contributed by atoms with E-state index in [1.54, 1.807) is 0 Å². The number of hydrogen-bond donors (Lipinski definition) is 0. The first-order valence-electron chi connectivity index (χ1n) is 11.5. The molecule has 4 aliphatic rings. The molecule has 176 valence electrons. The molecular formula is C22H36N2O7. The van der Waals surface area contributed by atoms with Gasteiger partial charge in [-0.1, -0.05) is 32.6 Å². The van der Waals surface area contributed by atoms with Gasteiger partial charge in [-0.15, -0.1) is 5.10 Å². The zero-order valence-corrected chi connectivity index (χ0v) is 19.5. The molecule has 0 aromatic carbocycles. The fourth-order valence-electron chi connectivity index (χ4n) is 4.83. The molecule has 3 fully saturated rings. The van der Waals surface area contributed by atoms with E-state index in [9.17, 15) is 4.79 Å². The van der Waals surface area contributed by atoms with Crippen molar-refractivity contribution in [3.63, 3.8) is 0 Å². The fourth-order valence-corrected chi connectivity index (χ4v) is 4.83. The van der Waals surface area contributed by atoms with Crippen molar-refractivity contribution in [2.24, 2.45) is 5.10 Å². The van der Waals surface area contributed by atoms with Crippen LogP contribution in [0.15, 0.2) is 5.10 Å². The average Bonchev–Trinajstić information content (AvgIpc) is 3.38. The maximum Gasteiger partial charge on any atom is 0.266 e. The van der Waals surface area contributed by atoms with Crippen molar-refractivity contribution >= 4 is 11.8 Å². The Morgan fingerprint density at radius 1 is 1.03 bits per heavy atom. The van der Waals surface area contributed by atoms with E-state index in [4.69, 9.17) is 28.4 Å². The Morgan fingerprint density at radius 3 is 2.42 bits per heavy atom. The van der Waals surface area contributed by atoms with Crippen molar-refractivity contribution in [2.75, 3.05) is 6.61 Å². The number of ether oxygens (including phenoxy) is 6. The molecule has 9 nitrogen and oxygen atoms in total. The van der Waals surface area contributed by atoms with Gasteiger partial charge in [0.1, 0.15) is 6.10 Å². The third-order valence-electron chi connectivity index (χ3n) is 6.14. The maximum absolute atomic E-state index is 12.7. The quantitative estimate of drug-likeness (QED) is 0.562. The summed E-state index contributed by atoms with van der Waals surface area (Å²) in [5.74, 6) is -1.35. The van der Waals surface area contributed by atoms with E-state index in [-0.39, 0.29) is 5.91 Å². The SMILES string of the molecule is CCCCCCCC1=NN(C(C)=O)[C@]2(O1)[C@@H]([C@H]1COC(C)(C)O1)O[C@@H]1OC(C)(C)O[C@@H]12. The molecule has 1 amide bonds. The second kappa shape index (κ2) is 8.26. The fraction of sp³-hybridized carbons (Fsp3) is 0.909. The van der Waals surface area contributed by atoms with Crippen LogP contribution in [0.5, 0.6) is 0 Å². The van der Waals surface area contributed by atoms with Gasteiger partial charge in [0.2, 0.25) is 11.8 Å². The molecule has 0 saturated carbocycles. The smallest absolute Gasteiger partial charge is 0.266 e. The lowest BCUT2D eigenvalue weighted by molar-refractivity contribution is -0.262. The summed E-state index contributed by atoms with van der Waals surface area (Å²) in [5.41, 5.74) is -1.29. The minimum Gasteiger partial charge on any atom is -0.445 e. The van der Waals surface area contributed by atoms with Gasteiger partial charge in [0.15, 0.2) is 30.1 Å². The molecule has 9 heteroatoms. The van der Waals surface area contributed by atoms with Crippen LogP contribution in [-0.4, -0.2) is 65.3 Å².